The van der Waals surface area contributed by atoms with Gasteiger partial charge in [-0.2, -0.15) is 0 Å². The topological polar surface area (TPSA) is 49.4 Å². The lowest BCUT2D eigenvalue weighted by molar-refractivity contribution is -0.132. The normalized spacial score (nSPS) is 18.3. The fourth-order valence-electron chi connectivity index (χ4n) is 3.17. The van der Waals surface area contributed by atoms with Gasteiger partial charge in [-0.05, 0) is 43.5 Å². The number of halogens is 1. The molecule has 1 N–H and O–H groups in total. The Labute approximate surface area is 156 Å². The molecule has 0 bridgehead atoms. The van der Waals surface area contributed by atoms with Gasteiger partial charge in [0.05, 0.1) is 6.04 Å². The van der Waals surface area contributed by atoms with Crippen molar-refractivity contribution in [2.45, 2.75) is 26.3 Å². The van der Waals surface area contributed by atoms with Crippen molar-refractivity contribution < 1.29 is 9.59 Å². The van der Waals surface area contributed by atoms with Crippen molar-refractivity contribution in [2.24, 2.45) is 5.92 Å². The second-order valence-electron chi connectivity index (χ2n) is 6.40. The molecule has 2 aromatic rings. The van der Waals surface area contributed by atoms with E-state index in [1.165, 1.54) is 0 Å². The number of anilines is 1. The summed E-state index contributed by atoms with van der Waals surface area (Å²) >= 11 is 3.45. The summed E-state index contributed by atoms with van der Waals surface area (Å²) < 4.78 is 0.923. The molecule has 0 aromatic heterocycles. The van der Waals surface area contributed by atoms with E-state index in [9.17, 15) is 9.59 Å². The number of carbonyl (C=O) groups is 2. The van der Waals surface area contributed by atoms with Crippen molar-refractivity contribution >= 4 is 33.4 Å². The molecule has 1 aliphatic heterocycles. The number of nitrogens with one attached hydrogen (secondary N) is 1. The minimum atomic E-state index is -0.621. The van der Waals surface area contributed by atoms with Crippen LogP contribution in [0.4, 0.5) is 5.69 Å². The van der Waals surface area contributed by atoms with Gasteiger partial charge in [-0.1, -0.05) is 52.3 Å². The second kappa shape index (κ2) is 7.40. The van der Waals surface area contributed by atoms with E-state index in [4.69, 9.17) is 0 Å². The number of hydrogen-bond donors (Lipinski definition) is 1. The van der Waals surface area contributed by atoms with Gasteiger partial charge in [0.25, 0.3) is 0 Å². The van der Waals surface area contributed by atoms with Crippen LogP contribution in [-0.2, 0) is 9.59 Å². The Kier molecular flexibility index (Phi) is 5.23. The maximum absolute atomic E-state index is 12.8. The molecule has 0 spiro atoms. The Morgan fingerprint density at radius 2 is 1.96 bits per heavy atom. The minimum absolute atomic E-state index is 0.122. The first kappa shape index (κ1) is 17.7. The van der Waals surface area contributed by atoms with E-state index in [2.05, 4.69) is 21.2 Å². The van der Waals surface area contributed by atoms with Crippen LogP contribution in [0.25, 0.3) is 0 Å². The third-order valence-corrected chi connectivity index (χ3v) is 5.14. The number of hydrogen-bond acceptors (Lipinski definition) is 2. The van der Waals surface area contributed by atoms with Crippen molar-refractivity contribution in [1.29, 1.82) is 0 Å². The molecule has 4 nitrogen and oxygen atoms in total. The Morgan fingerprint density at radius 3 is 2.68 bits per heavy atom. The zero-order valence-corrected chi connectivity index (χ0v) is 15.9. The monoisotopic (exact) mass is 400 g/mol. The van der Waals surface area contributed by atoms with Crippen LogP contribution in [-0.4, -0.2) is 18.4 Å². The van der Waals surface area contributed by atoms with Gasteiger partial charge in [0.1, 0.15) is 5.92 Å². The number of carbonyl (C=O) groups excluding carboxylic acids is 2. The van der Waals surface area contributed by atoms with E-state index in [0.29, 0.717) is 13.0 Å². The highest BCUT2D eigenvalue weighted by Crippen LogP contribution is 2.30. The molecule has 2 aromatic carbocycles. The van der Waals surface area contributed by atoms with Gasteiger partial charge in [0, 0.05) is 16.7 Å². The molecule has 1 aliphatic rings. The highest BCUT2D eigenvalue weighted by atomic mass is 79.9. The van der Waals surface area contributed by atoms with E-state index >= 15 is 0 Å². The summed E-state index contributed by atoms with van der Waals surface area (Å²) in [6.07, 6.45) is 0.540. The first-order valence-electron chi connectivity index (χ1n) is 8.40. The Hall–Kier alpha value is -2.14. The van der Waals surface area contributed by atoms with Crippen molar-refractivity contribution in [2.75, 3.05) is 11.4 Å². The van der Waals surface area contributed by atoms with Crippen molar-refractivity contribution in [3.8, 4) is 0 Å². The lowest BCUT2D eigenvalue weighted by atomic mass is 10.0. The summed E-state index contributed by atoms with van der Waals surface area (Å²) in [7, 11) is 0. The highest BCUT2D eigenvalue weighted by molar-refractivity contribution is 9.10. The molecule has 3 rings (SSSR count). The third kappa shape index (κ3) is 3.76. The molecular weight excluding hydrogens is 380 g/mol. The minimum Gasteiger partial charge on any atom is -0.349 e. The lowest BCUT2D eigenvalue weighted by Crippen LogP contribution is -2.38. The third-order valence-electron chi connectivity index (χ3n) is 4.64. The van der Waals surface area contributed by atoms with E-state index in [1.807, 2.05) is 62.4 Å². The van der Waals surface area contributed by atoms with Crippen molar-refractivity contribution in [3.63, 3.8) is 0 Å². The lowest BCUT2D eigenvalue weighted by Gasteiger charge is -2.20. The quantitative estimate of drug-likeness (QED) is 0.788. The largest absolute Gasteiger partial charge is 0.349 e. The molecule has 0 aliphatic carbocycles. The molecule has 1 fully saturated rings. The summed E-state index contributed by atoms with van der Waals surface area (Å²) in [5, 5.41) is 2.97. The van der Waals surface area contributed by atoms with Crippen LogP contribution in [0, 0.1) is 12.8 Å². The average Bonchev–Trinajstić information content (AvgIpc) is 2.99. The Bertz CT molecular complexity index is 792. The number of amides is 2. The molecule has 130 valence electrons. The Morgan fingerprint density at radius 1 is 1.24 bits per heavy atom. The summed E-state index contributed by atoms with van der Waals surface area (Å²) in [6.45, 7) is 4.47. The summed E-state index contributed by atoms with van der Waals surface area (Å²) in [5.41, 5.74) is 2.92. The molecule has 2 amide bonds. The van der Waals surface area contributed by atoms with E-state index < -0.39 is 5.92 Å². The standard InChI is InChI=1S/C20H21BrN2O2/c1-13-8-9-16(21)12-18(13)23-11-10-17(20(23)25)19(24)22-14(2)15-6-4-3-5-7-15/h3-9,12,14,17H,10-11H2,1-2H3,(H,22,24). The van der Waals surface area contributed by atoms with E-state index in [1.54, 1.807) is 4.90 Å². The zero-order chi connectivity index (χ0) is 18.0. The van der Waals surface area contributed by atoms with Crippen molar-refractivity contribution in [1.82, 2.24) is 5.32 Å². The predicted molar refractivity (Wildman–Crippen MR) is 102 cm³/mol. The molecule has 2 atom stereocenters. The second-order valence-corrected chi connectivity index (χ2v) is 7.32. The van der Waals surface area contributed by atoms with Crippen molar-refractivity contribution in [3.05, 3.63) is 64.1 Å². The molecular formula is C20H21BrN2O2. The maximum atomic E-state index is 12.8. The van der Waals surface area contributed by atoms with Gasteiger partial charge in [0.2, 0.25) is 11.8 Å². The smallest absolute Gasteiger partial charge is 0.239 e. The van der Waals surface area contributed by atoms with Gasteiger partial charge < -0.3 is 10.2 Å². The average molecular weight is 401 g/mol. The molecule has 1 saturated heterocycles. The fraction of sp³-hybridized carbons (Fsp3) is 0.300. The van der Waals surface area contributed by atoms with Crippen LogP contribution in [0.3, 0.4) is 0 Å². The molecule has 0 radical (unpaired) electrons. The molecule has 0 saturated carbocycles. The number of benzene rings is 2. The van der Waals surface area contributed by atoms with Crippen LogP contribution in [0.5, 0.6) is 0 Å². The van der Waals surface area contributed by atoms with Crippen LogP contribution in [0.15, 0.2) is 53.0 Å². The van der Waals surface area contributed by atoms with Gasteiger partial charge in [0.15, 0.2) is 0 Å². The number of nitrogens with zero attached hydrogens (tertiary/aromatic N) is 1. The summed E-state index contributed by atoms with van der Waals surface area (Å²) in [4.78, 5) is 27.1. The van der Waals surface area contributed by atoms with Crippen LogP contribution in [0.1, 0.15) is 30.5 Å². The fourth-order valence-corrected chi connectivity index (χ4v) is 3.52. The predicted octanol–water partition coefficient (Wildman–Crippen LogP) is 3.99. The summed E-state index contributed by atoms with van der Waals surface area (Å²) in [5.74, 6) is -0.944. The van der Waals surface area contributed by atoms with Crippen LogP contribution < -0.4 is 10.2 Å². The first-order chi connectivity index (χ1) is 12.0. The highest BCUT2D eigenvalue weighted by Gasteiger charge is 2.38. The molecule has 5 heteroatoms. The number of aryl methyl sites for hydroxylation is 1. The van der Waals surface area contributed by atoms with Gasteiger partial charge in [-0.3, -0.25) is 9.59 Å². The maximum Gasteiger partial charge on any atom is 0.239 e. The van der Waals surface area contributed by atoms with E-state index in [0.717, 1.165) is 21.3 Å². The first-order valence-corrected chi connectivity index (χ1v) is 9.19. The van der Waals surface area contributed by atoms with E-state index in [-0.39, 0.29) is 17.9 Å². The van der Waals surface area contributed by atoms with Crippen LogP contribution in [0.2, 0.25) is 0 Å². The Balaban J connectivity index is 1.71. The van der Waals surface area contributed by atoms with Gasteiger partial charge in [-0.15, -0.1) is 0 Å². The molecule has 1 heterocycles. The van der Waals surface area contributed by atoms with Crippen LogP contribution >= 0.6 is 15.9 Å². The SMILES string of the molecule is Cc1ccc(Br)cc1N1CCC(C(=O)NC(C)c2ccccc2)C1=O. The molecule has 25 heavy (non-hydrogen) atoms. The summed E-state index contributed by atoms with van der Waals surface area (Å²) in [6, 6.07) is 15.5. The number of rotatable bonds is 4. The van der Waals surface area contributed by atoms with Gasteiger partial charge in [-0.25, -0.2) is 0 Å². The van der Waals surface area contributed by atoms with Gasteiger partial charge >= 0.3 is 0 Å². The zero-order valence-electron chi connectivity index (χ0n) is 14.3. The molecule has 2 unspecified atom stereocenters.